The monoisotopic (exact) mass is 298 g/mol. The SMILES string of the molecule is CC1/C=C\c2ccccc2COc2c1n(C)c(=O)n(C)c2=O. The second kappa shape index (κ2) is 5.33. The Morgan fingerprint density at radius 1 is 1.14 bits per heavy atom. The lowest BCUT2D eigenvalue weighted by molar-refractivity contribution is 0.289. The summed E-state index contributed by atoms with van der Waals surface area (Å²) in [7, 11) is 3.13. The van der Waals surface area contributed by atoms with Crippen molar-refractivity contribution in [1.29, 1.82) is 0 Å². The summed E-state index contributed by atoms with van der Waals surface area (Å²) in [4.78, 5) is 24.6. The minimum absolute atomic E-state index is 0.104. The second-order valence-corrected chi connectivity index (χ2v) is 5.56. The lowest BCUT2D eigenvalue weighted by Gasteiger charge is -2.17. The molecule has 0 aliphatic carbocycles. The van der Waals surface area contributed by atoms with Gasteiger partial charge in [-0.3, -0.25) is 13.9 Å². The summed E-state index contributed by atoms with van der Waals surface area (Å²) in [5.74, 6) is 0.145. The Morgan fingerprint density at radius 2 is 1.86 bits per heavy atom. The topological polar surface area (TPSA) is 53.2 Å². The van der Waals surface area contributed by atoms with E-state index in [-0.39, 0.29) is 17.4 Å². The normalized spacial score (nSPS) is 18.2. The van der Waals surface area contributed by atoms with E-state index < -0.39 is 5.56 Å². The molecular formula is C17H18N2O3. The Bertz CT molecular complexity index is 874. The predicted molar refractivity (Wildman–Crippen MR) is 85.1 cm³/mol. The molecule has 1 atom stereocenters. The third-order valence-electron chi connectivity index (χ3n) is 4.09. The maximum absolute atomic E-state index is 12.4. The number of fused-ring (bicyclic) bond motifs is 2. The maximum atomic E-state index is 12.4. The first kappa shape index (κ1) is 14.4. The average Bonchev–Trinajstić information content (AvgIpc) is 2.59. The molecule has 1 aliphatic rings. The quantitative estimate of drug-likeness (QED) is 0.745. The Labute approximate surface area is 128 Å². The van der Waals surface area contributed by atoms with Crippen LogP contribution in [-0.4, -0.2) is 9.13 Å². The van der Waals surface area contributed by atoms with Gasteiger partial charge in [-0.25, -0.2) is 4.79 Å². The third kappa shape index (κ3) is 2.19. The molecule has 2 aromatic rings. The van der Waals surface area contributed by atoms with Crippen molar-refractivity contribution in [2.24, 2.45) is 14.1 Å². The standard InChI is InChI=1S/C17H18N2O3/c1-11-8-9-12-6-4-5-7-13(12)10-22-15-14(11)18(2)17(21)19(3)16(15)20/h4-9,11H,10H2,1-3H3/b9-8-. The highest BCUT2D eigenvalue weighted by molar-refractivity contribution is 5.55. The molecule has 0 amide bonds. The number of benzene rings is 1. The Morgan fingerprint density at radius 3 is 2.64 bits per heavy atom. The van der Waals surface area contributed by atoms with Gasteiger partial charge in [-0.15, -0.1) is 0 Å². The van der Waals surface area contributed by atoms with E-state index in [4.69, 9.17) is 4.74 Å². The van der Waals surface area contributed by atoms with Crippen LogP contribution >= 0.6 is 0 Å². The van der Waals surface area contributed by atoms with Crippen LogP contribution in [0.15, 0.2) is 39.9 Å². The number of aromatic nitrogens is 2. The second-order valence-electron chi connectivity index (χ2n) is 5.56. The molecule has 1 aromatic carbocycles. The van der Waals surface area contributed by atoms with Crippen molar-refractivity contribution >= 4 is 6.08 Å². The lowest BCUT2D eigenvalue weighted by Crippen LogP contribution is -2.39. The van der Waals surface area contributed by atoms with Crippen molar-refractivity contribution in [2.45, 2.75) is 19.4 Å². The highest BCUT2D eigenvalue weighted by Gasteiger charge is 2.21. The van der Waals surface area contributed by atoms with E-state index >= 15 is 0 Å². The van der Waals surface area contributed by atoms with Gasteiger partial charge in [-0.1, -0.05) is 43.3 Å². The van der Waals surface area contributed by atoms with Gasteiger partial charge in [-0.2, -0.15) is 0 Å². The van der Waals surface area contributed by atoms with Crippen molar-refractivity contribution in [3.05, 3.63) is 68.0 Å². The van der Waals surface area contributed by atoms with Crippen molar-refractivity contribution < 1.29 is 4.74 Å². The predicted octanol–water partition coefficient (Wildman–Crippen LogP) is 1.79. The van der Waals surface area contributed by atoms with Gasteiger partial charge < -0.3 is 4.74 Å². The Balaban J connectivity index is 2.26. The molecule has 1 aromatic heterocycles. The van der Waals surface area contributed by atoms with Crippen molar-refractivity contribution in [2.75, 3.05) is 0 Å². The summed E-state index contributed by atoms with van der Waals surface area (Å²) in [6, 6.07) is 7.89. The Kier molecular flexibility index (Phi) is 3.48. The number of hydrogen-bond donors (Lipinski definition) is 0. The molecule has 0 N–H and O–H groups in total. The molecule has 1 unspecified atom stereocenters. The molecule has 1 aliphatic heterocycles. The zero-order valence-corrected chi connectivity index (χ0v) is 12.9. The van der Waals surface area contributed by atoms with Gasteiger partial charge in [0.15, 0.2) is 0 Å². The van der Waals surface area contributed by atoms with E-state index in [0.29, 0.717) is 12.3 Å². The van der Waals surface area contributed by atoms with Crippen molar-refractivity contribution in [1.82, 2.24) is 9.13 Å². The van der Waals surface area contributed by atoms with Crippen LogP contribution in [-0.2, 0) is 20.7 Å². The first-order valence-corrected chi connectivity index (χ1v) is 7.19. The van der Waals surface area contributed by atoms with Crippen LogP contribution < -0.4 is 16.0 Å². The molecule has 22 heavy (non-hydrogen) atoms. The van der Waals surface area contributed by atoms with Crippen LogP contribution in [0.4, 0.5) is 0 Å². The minimum atomic E-state index is -0.391. The van der Waals surface area contributed by atoms with Gasteiger partial charge in [0, 0.05) is 20.0 Å². The third-order valence-corrected chi connectivity index (χ3v) is 4.09. The summed E-state index contributed by atoms with van der Waals surface area (Å²) in [6.45, 7) is 2.25. The first-order valence-electron chi connectivity index (χ1n) is 7.19. The Hall–Kier alpha value is -2.56. The van der Waals surface area contributed by atoms with Crippen molar-refractivity contribution in [3.63, 3.8) is 0 Å². The lowest BCUT2D eigenvalue weighted by atomic mass is 10.0. The zero-order chi connectivity index (χ0) is 15.9. The smallest absolute Gasteiger partial charge is 0.330 e. The van der Waals surface area contributed by atoms with Gasteiger partial charge in [0.1, 0.15) is 6.61 Å². The molecule has 2 heterocycles. The molecule has 0 fully saturated rings. The highest BCUT2D eigenvalue weighted by atomic mass is 16.5. The molecule has 0 bridgehead atoms. The molecule has 0 radical (unpaired) electrons. The van der Waals surface area contributed by atoms with Crippen LogP contribution in [0, 0.1) is 0 Å². The molecule has 114 valence electrons. The van der Waals surface area contributed by atoms with Crippen LogP contribution in [0.25, 0.3) is 6.08 Å². The maximum Gasteiger partial charge on any atom is 0.330 e. The largest absolute Gasteiger partial charge is 0.482 e. The first-order chi connectivity index (χ1) is 10.5. The van der Waals surface area contributed by atoms with Gasteiger partial charge in [0.2, 0.25) is 5.75 Å². The average molecular weight is 298 g/mol. The summed E-state index contributed by atoms with van der Waals surface area (Å²) < 4.78 is 8.39. The van der Waals surface area contributed by atoms with Gasteiger partial charge >= 0.3 is 5.69 Å². The number of rotatable bonds is 0. The molecular weight excluding hydrogens is 280 g/mol. The summed E-state index contributed by atoms with van der Waals surface area (Å²) >= 11 is 0. The fourth-order valence-corrected chi connectivity index (χ4v) is 2.79. The molecule has 0 saturated carbocycles. The number of nitrogens with zero attached hydrogens (tertiary/aromatic N) is 2. The summed E-state index contributed by atoms with van der Waals surface area (Å²) in [6.07, 6.45) is 4.01. The molecule has 5 heteroatoms. The fourth-order valence-electron chi connectivity index (χ4n) is 2.79. The van der Waals surface area contributed by atoms with E-state index in [0.717, 1.165) is 15.7 Å². The van der Waals surface area contributed by atoms with Crippen LogP contribution in [0.5, 0.6) is 5.75 Å². The van der Waals surface area contributed by atoms with E-state index in [1.807, 2.05) is 43.3 Å². The summed E-state index contributed by atoms with van der Waals surface area (Å²) in [5.41, 5.74) is 1.94. The molecule has 0 spiro atoms. The van der Waals surface area contributed by atoms with Crippen LogP contribution in [0.1, 0.15) is 29.7 Å². The van der Waals surface area contributed by atoms with Gasteiger partial charge in [0.05, 0.1) is 5.69 Å². The van der Waals surface area contributed by atoms with Crippen molar-refractivity contribution in [3.8, 4) is 5.75 Å². The van der Waals surface area contributed by atoms with E-state index in [1.54, 1.807) is 7.05 Å². The minimum Gasteiger partial charge on any atom is -0.482 e. The zero-order valence-electron chi connectivity index (χ0n) is 12.9. The van der Waals surface area contributed by atoms with E-state index in [9.17, 15) is 9.59 Å². The molecule has 0 saturated heterocycles. The fraction of sp³-hybridized carbons (Fsp3) is 0.294. The number of ether oxygens (including phenoxy) is 1. The number of hydrogen-bond acceptors (Lipinski definition) is 3. The number of allylic oxidation sites excluding steroid dienone is 1. The van der Waals surface area contributed by atoms with Crippen LogP contribution in [0.3, 0.4) is 0 Å². The molecule has 3 rings (SSSR count). The summed E-state index contributed by atoms with van der Waals surface area (Å²) in [5, 5.41) is 0. The van der Waals surface area contributed by atoms with Gasteiger partial charge in [0.25, 0.3) is 5.56 Å². The highest BCUT2D eigenvalue weighted by Crippen LogP contribution is 2.27. The van der Waals surface area contributed by atoms with Crippen LogP contribution in [0.2, 0.25) is 0 Å². The van der Waals surface area contributed by atoms with Gasteiger partial charge in [-0.05, 0) is 11.1 Å². The van der Waals surface area contributed by atoms with E-state index in [2.05, 4.69) is 0 Å². The molecule has 5 nitrogen and oxygen atoms in total. The van der Waals surface area contributed by atoms with E-state index in [1.165, 1.54) is 11.6 Å².